The molecular weight excluding hydrogens is 310 g/mol. The van der Waals surface area contributed by atoms with Crippen molar-refractivity contribution in [2.24, 2.45) is 17.1 Å². The van der Waals surface area contributed by atoms with E-state index in [4.69, 9.17) is 15.2 Å². The van der Waals surface area contributed by atoms with E-state index < -0.39 is 5.41 Å². The van der Waals surface area contributed by atoms with Gasteiger partial charge in [0.05, 0.1) is 18.1 Å². The van der Waals surface area contributed by atoms with E-state index in [1.807, 2.05) is 0 Å². The van der Waals surface area contributed by atoms with Crippen molar-refractivity contribution >= 4 is 11.9 Å². The lowest BCUT2D eigenvalue weighted by Gasteiger charge is -2.34. The van der Waals surface area contributed by atoms with Crippen molar-refractivity contribution in [3.63, 3.8) is 0 Å². The topological polar surface area (TPSA) is 103 Å². The number of nitrogens with one attached hydrogen (secondary N) is 2. The molecule has 1 saturated heterocycles. The van der Waals surface area contributed by atoms with Crippen LogP contribution in [-0.2, 0) is 14.3 Å². The van der Waals surface area contributed by atoms with E-state index in [0.717, 1.165) is 6.42 Å². The van der Waals surface area contributed by atoms with Crippen molar-refractivity contribution in [1.29, 1.82) is 0 Å². The Kier molecular flexibility index (Phi) is 7.30. The highest BCUT2D eigenvalue weighted by atomic mass is 16.5. The first-order chi connectivity index (χ1) is 11.5. The Morgan fingerprint density at radius 3 is 2.58 bits per heavy atom. The molecule has 4 N–H and O–H groups in total. The average molecular weight is 341 g/mol. The number of hydrogen-bond donors (Lipinski definition) is 3. The Morgan fingerprint density at radius 1 is 1.21 bits per heavy atom. The molecule has 0 aromatic heterocycles. The summed E-state index contributed by atoms with van der Waals surface area (Å²) >= 11 is 0. The van der Waals surface area contributed by atoms with Gasteiger partial charge in [-0.15, -0.1) is 0 Å². The smallest absolute Gasteiger partial charge is 0.314 e. The zero-order valence-electron chi connectivity index (χ0n) is 14.6. The summed E-state index contributed by atoms with van der Waals surface area (Å²) < 4.78 is 11.1. The van der Waals surface area contributed by atoms with E-state index in [-0.39, 0.29) is 18.5 Å². The largest absolute Gasteiger partial charge is 0.381 e. The van der Waals surface area contributed by atoms with Gasteiger partial charge in [0.25, 0.3) is 0 Å². The van der Waals surface area contributed by atoms with E-state index in [9.17, 15) is 9.59 Å². The fourth-order valence-corrected chi connectivity index (χ4v) is 3.49. The van der Waals surface area contributed by atoms with Gasteiger partial charge in [-0.25, -0.2) is 4.79 Å². The number of ether oxygens (including phenoxy) is 2. The van der Waals surface area contributed by atoms with Gasteiger partial charge in [-0.2, -0.15) is 0 Å². The summed E-state index contributed by atoms with van der Waals surface area (Å²) in [5.74, 6) is 0.220. The molecule has 1 heterocycles. The minimum atomic E-state index is -0.691. The highest BCUT2D eigenvalue weighted by Gasteiger charge is 2.38. The third-order valence-corrected chi connectivity index (χ3v) is 5.31. The van der Waals surface area contributed by atoms with Gasteiger partial charge in [-0.05, 0) is 31.6 Å². The monoisotopic (exact) mass is 341 g/mol. The SMILES string of the molecule is CC1CCCCC1OCCNC(=O)NCC1(C(N)=O)CCOCC1. The molecule has 7 nitrogen and oxygen atoms in total. The van der Waals surface area contributed by atoms with Gasteiger partial charge in [0.15, 0.2) is 0 Å². The van der Waals surface area contributed by atoms with Crippen LogP contribution in [-0.4, -0.2) is 51.0 Å². The van der Waals surface area contributed by atoms with Crippen LogP contribution in [0.1, 0.15) is 45.4 Å². The maximum atomic E-state index is 11.9. The molecule has 1 saturated carbocycles. The van der Waals surface area contributed by atoms with Crippen molar-refractivity contribution in [2.75, 3.05) is 32.9 Å². The first-order valence-electron chi connectivity index (χ1n) is 9.04. The van der Waals surface area contributed by atoms with Crippen LogP contribution in [0.5, 0.6) is 0 Å². The number of urea groups is 1. The van der Waals surface area contributed by atoms with Crippen LogP contribution in [0.4, 0.5) is 4.79 Å². The molecule has 1 aliphatic carbocycles. The molecular formula is C17H31N3O4. The lowest BCUT2D eigenvalue weighted by Crippen LogP contribution is -2.51. The molecule has 2 fully saturated rings. The molecule has 7 heteroatoms. The van der Waals surface area contributed by atoms with E-state index in [2.05, 4.69) is 17.6 Å². The van der Waals surface area contributed by atoms with Gasteiger partial charge in [0.2, 0.25) is 5.91 Å². The Balaban J connectivity index is 1.63. The van der Waals surface area contributed by atoms with Crippen molar-refractivity contribution in [3.8, 4) is 0 Å². The number of hydrogen-bond acceptors (Lipinski definition) is 4. The van der Waals surface area contributed by atoms with Crippen molar-refractivity contribution in [1.82, 2.24) is 10.6 Å². The summed E-state index contributed by atoms with van der Waals surface area (Å²) in [6, 6.07) is -0.289. The second-order valence-electron chi connectivity index (χ2n) is 7.04. The minimum absolute atomic E-state index is 0.248. The van der Waals surface area contributed by atoms with Gasteiger partial charge in [-0.3, -0.25) is 4.79 Å². The van der Waals surface area contributed by atoms with E-state index in [0.29, 0.717) is 51.2 Å². The molecule has 24 heavy (non-hydrogen) atoms. The second kappa shape index (κ2) is 9.22. The van der Waals surface area contributed by atoms with Gasteiger partial charge in [-0.1, -0.05) is 19.8 Å². The standard InChI is InChI=1S/C17H31N3O4/c1-13-4-2-3-5-14(13)24-11-8-19-16(22)20-12-17(15(18)21)6-9-23-10-7-17/h13-14H,2-12H2,1H3,(H2,18,21)(H2,19,20,22). The molecule has 2 unspecified atom stereocenters. The Bertz CT molecular complexity index is 424. The number of carbonyl (C=O) groups excluding carboxylic acids is 2. The van der Waals surface area contributed by atoms with Crippen LogP contribution < -0.4 is 16.4 Å². The first-order valence-corrected chi connectivity index (χ1v) is 9.04. The summed E-state index contributed by atoms with van der Waals surface area (Å²) in [6.45, 7) is 4.44. The number of carbonyl (C=O) groups is 2. The van der Waals surface area contributed by atoms with Crippen LogP contribution >= 0.6 is 0 Å². The Labute approximate surface area is 144 Å². The summed E-state index contributed by atoms with van der Waals surface area (Å²) in [6.07, 6.45) is 6.24. The maximum absolute atomic E-state index is 11.9. The predicted octanol–water partition coefficient (Wildman–Crippen LogP) is 1.16. The summed E-state index contributed by atoms with van der Waals surface area (Å²) in [5.41, 5.74) is 4.83. The third kappa shape index (κ3) is 5.34. The molecule has 1 aliphatic heterocycles. The summed E-state index contributed by atoms with van der Waals surface area (Å²) in [7, 11) is 0. The van der Waals surface area contributed by atoms with Gasteiger partial charge in [0.1, 0.15) is 0 Å². The number of primary amides is 1. The zero-order chi connectivity index (χ0) is 17.4. The van der Waals surface area contributed by atoms with E-state index >= 15 is 0 Å². The number of rotatable bonds is 7. The Hall–Kier alpha value is -1.34. The lowest BCUT2D eigenvalue weighted by atomic mass is 9.79. The van der Waals surface area contributed by atoms with Crippen LogP contribution in [0.2, 0.25) is 0 Å². The molecule has 0 spiro atoms. The molecule has 0 bridgehead atoms. The van der Waals surface area contributed by atoms with Crippen LogP contribution in [0.25, 0.3) is 0 Å². The van der Waals surface area contributed by atoms with Crippen LogP contribution in [0.3, 0.4) is 0 Å². The zero-order valence-corrected chi connectivity index (χ0v) is 14.6. The van der Waals surface area contributed by atoms with Crippen molar-refractivity contribution in [2.45, 2.75) is 51.6 Å². The van der Waals surface area contributed by atoms with Gasteiger partial charge < -0.3 is 25.8 Å². The summed E-state index contributed by atoms with van der Waals surface area (Å²) in [4.78, 5) is 23.6. The number of nitrogens with two attached hydrogens (primary N) is 1. The first kappa shape index (κ1) is 19.0. The lowest BCUT2D eigenvalue weighted by molar-refractivity contribution is -0.132. The predicted molar refractivity (Wildman–Crippen MR) is 90.5 cm³/mol. The minimum Gasteiger partial charge on any atom is -0.381 e. The normalized spacial score (nSPS) is 26.5. The molecule has 138 valence electrons. The molecule has 2 atom stereocenters. The molecule has 0 aromatic carbocycles. The highest BCUT2D eigenvalue weighted by Crippen LogP contribution is 2.29. The molecule has 2 aliphatic rings. The fourth-order valence-electron chi connectivity index (χ4n) is 3.49. The maximum Gasteiger partial charge on any atom is 0.314 e. The highest BCUT2D eigenvalue weighted by molar-refractivity contribution is 5.82. The van der Waals surface area contributed by atoms with Crippen molar-refractivity contribution in [3.05, 3.63) is 0 Å². The number of amides is 3. The Morgan fingerprint density at radius 2 is 1.92 bits per heavy atom. The molecule has 0 aromatic rings. The van der Waals surface area contributed by atoms with Crippen LogP contribution in [0.15, 0.2) is 0 Å². The van der Waals surface area contributed by atoms with Crippen molar-refractivity contribution < 1.29 is 19.1 Å². The van der Waals surface area contributed by atoms with Gasteiger partial charge >= 0.3 is 6.03 Å². The third-order valence-electron chi connectivity index (χ3n) is 5.31. The fraction of sp³-hybridized carbons (Fsp3) is 0.882. The second-order valence-corrected chi connectivity index (χ2v) is 7.04. The quantitative estimate of drug-likeness (QED) is 0.605. The summed E-state index contributed by atoms with van der Waals surface area (Å²) in [5, 5.41) is 5.53. The van der Waals surface area contributed by atoms with E-state index in [1.54, 1.807) is 0 Å². The van der Waals surface area contributed by atoms with E-state index in [1.165, 1.54) is 19.3 Å². The molecule has 3 amide bonds. The van der Waals surface area contributed by atoms with Crippen LogP contribution in [0, 0.1) is 11.3 Å². The molecule has 0 radical (unpaired) electrons. The van der Waals surface area contributed by atoms with Gasteiger partial charge in [0, 0.05) is 26.3 Å². The molecule has 2 rings (SSSR count). The average Bonchev–Trinajstić information content (AvgIpc) is 2.59.